The molecule has 0 amide bonds. The van der Waals surface area contributed by atoms with Crippen LogP contribution in [0.2, 0.25) is 0 Å². The van der Waals surface area contributed by atoms with E-state index in [0.29, 0.717) is 12.5 Å². The Morgan fingerprint density at radius 2 is 1.81 bits per heavy atom. The second-order valence-electron chi connectivity index (χ2n) is 5.53. The molecule has 1 fully saturated rings. The summed E-state index contributed by atoms with van der Waals surface area (Å²) >= 11 is 0. The van der Waals surface area contributed by atoms with E-state index in [1.165, 1.54) is 19.3 Å². The van der Waals surface area contributed by atoms with Crippen molar-refractivity contribution in [2.24, 2.45) is 10.7 Å². The predicted octanol–water partition coefficient (Wildman–Crippen LogP) is 3.39. The smallest absolute Gasteiger partial charge is 0.191 e. The first-order chi connectivity index (χ1) is 9.65. The molecule has 2 N–H and O–H groups in total. The monoisotopic (exact) mass is 403 g/mol. The summed E-state index contributed by atoms with van der Waals surface area (Å²) in [6, 6.07) is 8.07. The average molecular weight is 403 g/mol. The summed E-state index contributed by atoms with van der Waals surface area (Å²) in [5, 5.41) is 0. The Hall–Kier alpha value is -0.980. The van der Waals surface area contributed by atoms with Gasteiger partial charge in [0.1, 0.15) is 5.75 Å². The lowest BCUT2D eigenvalue weighted by Crippen LogP contribution is -2.40. The SMILES string of the molecule is CC(C)Oc1ccc(CN=C(N)N2CCCCC2)cc1.I. The fourth-order valence-electron chi connectivity index (χ4n) is 2.34. The van der Waals surface area contributed by atoms with Crippen molar-refractivity contribution in [3.05, 3.63) is 29.8 Å². The number of hydrogen-bond donors (Lipinski definition) is 1. The Morgan fingerprint density at radius 3 is 2.38 bits per heavy atom. The highest BCUT2D eigenvalue weighted by molar-refractivity contribution is 14.0. The maximum absolute atomic E-state index is 6.04. The van der Waals surface area contributed by atoms with Crippen molar-refractivity contribution in [1.29, 1.82) is 0 Å². The minimum atomic E-state index is 0. The highest BCUT2D eigenvalue weighted by Gasteiger charge is 2.11. The van der Waals surface area contributed by atoms with E-state index in [1.807, 2.05) is 38.1 Å². The molecular formula is C16H26IN3O. The molecule has 4 nitrogen and oxygen atoms in total. The van der Waals surface area contributed by atoms with Gasteiger partial charge in [-0.1, -0.05) is 12.1 Å². The fourth-order valence-corrected chi connectivity index (χ4v) is 2.34. The van der Waals surface area contributed by atoms with Crippen molar-refractivity contribution in [3.63, 3.8) is 0 Å². The van der Waals surface area contributed by atoms with Gasteiger partial charge in [0.25, 0.3) is 0 Å². The van der Waals surface area contributed by atoms with Crippen LogP contribution in [0.5, 0.6) is 5.75 Å². The number of hydrogen-bond acceptors (Lipinski definition) is 2. The Bertz CT molecular complexity index is 439. The van der Waals surface area contributed by atoms with Gasteiger partial charge >= 0.3 is 0 Å². The predicted molar refractivity (Wildman–Crippen MR) is 98.4 cm³/mol. The van der Waals surface area contributed by atoms with Crippen LogP contribution in [0.3, 0.4) is 0 Å². The topological polar surface area (TPSA) is 50.9 Å². The number of ether oxygens (including phenoxy) is 1. The molecular weight excluding hydrogens is 377 g/mol. The number of nitrogens with zero attached hydrogens (tertiary/aromatic N) is 2. The van der Waals surface area contributed by atoms with E-state index >= 15 is 0 Å². The van der Waals surface area contributed by atoms with Gasteiger partial charge in [-0.3, -0.25) is 0 Å². The molecule has 0 atom stereocenters. The van der Waals surface area contributed by atoms with Crippen molar-refractivity contribution >= 4 is 29.9 Å². The van der Waals surface area contributed by atoms with E-state index in [9.17, 15) is 0 Å². The fraction of sp³-hybridized carbons (Fsp3) is 0.562. The molecule has 0 spiro atoms. The molecule has 0 bridgehead atoms. The third-order valence-electron chi connectivity index (χ3n) is 3.40. The van der Waals surface area contributed by atoms with Gasteiger partial charge in [0, 0.05) is 13.1 Å². The Balaban J connectivity index is 0.00000220. The molecule has 2 rings (SSSR count). The minimum absolute atomic E-state index is 0. The molecule has 0 radical (unpaired) electrons. The van der Waals surface area contributed by atoms with Crippen LogP contribution in [-0.4, -0.2) is 30.1 Å². The van der Waals surface area contributed by atoms with E-state index in [0.717, 1.165) is 24.4 Å². The highest BCUT2D eigenvalue weighted by Crippen LogP contribution is 2.14. The molecule has 1 aromatic rings. The Morgan fingerprint density at radius 1 is 1.19 bits per heavy atom. The molecule has 0 aromatic heterocycles. The van der Waals surface area contributed by atoms with E-state index in [-0.39, 0.29) is 30.1 Å². The molecule has 1 aliphatic rings. The lowest BCUT2D eigenvalue weighted by Gasteiger charge is -2.27. The molecule has 1 aliphatic heterocycles. The maximum Gasteiger partial charge on any atom is 0.191 e. The number of aliphatic imine (C=N–C) groups is 1. The number of halogens is 1. The number of nitrogens with two attached hydrogens (primary N) is 1. The van der Waals surface area contributed by atoms with Gasteiger partial charge in [0.05, 0.1) is 12.6 Å². The van der Waals surface area contributed by atoms with Crippen LogP contribution in [0.15, 0.2) is 29.3 Å². The van der Waals surface area contributed by atoms with Gasteiger partial charge in [-0.15, -0.1) is 24.0 Å². The van der Waals surface area contributed by atoms with Crippen molar-refractivity contribution < 1.29 is 4.74 Å². The third-order valence-corrected chi connectivity index (χ3v) is 3.40. The molecule has 1 aromatic carbocycles. The summed E-state index contributed by atoms with van der Waals surface area (Å²) in [6.07, 6.45) is 3.95. The summed E-state index contributed by atoms with van der Waals surface area (Å²) < 4.78 is 5.62. The number of guanidine groups is 1. The molecule has 0 saturated carbocycles. The van der Waals surface area contributed by atoms with Crippen molar-refractivity contribution in [2.75, 3.05) is 13.1 Å². The Kier molecular flexibility index (Phi) is 7.85. The Labute approximate surface area is 144 Å². The van der Waals surface area contributed by atoms with Crippen LogP contribution in [0.4, 0.5) is 0 Å². The molecule has 118 valence electrons. The standard InChI is InChI=1S/C16H25N3O.HI/c1-13(2)20-15-8-6-14(7-9-15)12-18-16(17)19-10-4-3-5-11-19;/h6-9,13H,3-5,10-12H2,1-2H3,(H2,17,18);1H. The second-order valence-corrected chi connectivity index (χ2v) is 5.53. The molecule has 1 saturated heterocycles. The summed E-state index contributed by atoms with van der Waals surface area (Å²) in [5.41, 5.74) is 7.20. The van der Waals surface area contributed by atoms with E-state index in [2.05, 4.69) is 9.89 Å². The first-order valence-corrected chi connectivity index (χ1v) is 7.45. The molecule has 5 heteroatoms. The first kappa shape index (κ1) is 18.1. The summed E-state index contributed by atoms with van der Waals surface area (Å²) in [4.78, 5) is 6.67. The quantitative estimate of drug-likeness (QED) is 0.477. The third kappa shape index (κ3) is 6.11. The van der Waals surface area contributed by atoms with Crippen molar-refractivity contribution in [1.82, 2.24) is 4.90 Å². The van der Waals surface area contributed by atoms with Gasteiger partial charge < -0.3 is 15.4 Å². The van der Waals surface area contributed by atoms with E-state index in [1.54, 1.807) is 0 Å². The highest BCUT2D eigenvalue weighted by atomic mass is 127. The number of rotatable bonds is 4. The van der Waals surface area contributed by atoms with Gasteiger partial charge in [-0.05, 0) is 50.8 Å². The zero-order valence-electron chi connectivity index (χ0n) is 12.9. The van der Waals surface area contributed by atoms with E-state index < -0.39 is 0 Å². The van der Waals surface area contributed by atoms with Crippen LogP contribution in [0, 0.1) is 0 Å². The molecule has 1 heterocycles. The van der Waals surface area contributed by atoms with Crippen molar-refractivity contribution in [3.8, 4) is 5.75 Å². The zero-order chi connectivity index (χ0) is 14.4. The summed E-state index contributed by atoms with van der Waals surface area (Å²) in [7, 11) is 0. The lowest BCUT2D eigenvalue weighted by atomic mass is 10.1. The van der Waals surface area contributed by atoms with Crippen LogP contribution in [0.25, 0.3) is 0 Å². The van der Waals surface area contributed by atoms with Crippen LogP contribution in [0.1, 0.15) is 38.7 Å². The van der Waals surface area contributed by atoms with E-state index in [4.69, 9.17) is 10.5 Å². The number of benzene rings is 1. The van der Waals surface area contributed by atoms with Gasteiger partial charge in [-0.2, -0.15) is 0 Å². The zero-order valence-corrected chi connectivity index (χ0v) is 15.2. The first-order valence-electron chi connectivity index (χ1n) is 7.45. The minimum Gasteiger partial charge on any atom is -0.491 e. The average Bonchev–Trinajstić information content (AvgIpc) is 2.46. The van der Waals surface area contributed by atoms with Gasteiger partial charge in [-0.25, -0.2) is 4.99 Å². The van der Waals surface area contributed by atoms with Crippen LogP contribution < -0.4 is 10.5 Å². The number of piperidine rings is 1. The van der Waals surface area contributed by atoms with Gasteiger partial charge in [0.2, 0.25) is 0 Å². The van der Waals surface area contributed by atoms with Crippen LogP contribution >= 0.6 is 24.0 Å². The molecule has 0 unspecified atom stereocenters. The maximum atomic E-state index is 6.04. The normalized spacial score (nSPS) is 15.8. The van der Waals surface area contributed by atoms with Crippen LogP contribution in [-0.2, 0) is 6.54 Å². The summed E-state index contributed by atoms with van der Waals surface area (Å²) in [5.74, 6) is 1.57. The second kappa shape index (κ2) is 9.12. The summed E-state index contributed by atoms with van der Waals surface area (Å²) in [6.45, 7) is 6.76. The molecule has 0 aliphatic carbocycles. The lowest BCUT2D eigenvalue weighted by molar-refractivity contribution is 0.242. The molecule has 21 heavy (non-hydrogen) atoms. The largest absolute Gasteiger partial charge is 0.491 e. The number of likely N-dealkylation sites (tertiary alicyclic amines) is 1. The van der Waals surface area contributed by atoms with Crippen molar-refractivity contribution in [2.45, 2.75) is 45.8 Å². The van der Waals surface area contributed by atoms with Gasteiger partial charge in [0.15, 0.2) is 5.96 Å².